The van der Waals surface area contributed by atoms with E-state index in [0.717, 1.165) is 29.7 Å². The summed E-state index contributed by atoms with van der Waals surface area (Å²) in [5.74, 6) is -0.469. The number of rotatable bonds is 4. The third-order valence-electron chi connectivity index (χ3n) is 4.69. The van der Waals surface area contributed by atoms with Crippen LogP contribution in [0.5, 0.6) is 0 Å². The molecule has 1 saturated carbocycles. The molecule has 1 aliphatic carbocycles. The van der Waals surface area contributed by atoms with Crippen molar-refractivity contribution in [2.45, 2.75) is 39.2 Å². The van der Waals surface area contributed by atoms with Crippen molar-refractivity contribution < 1.29 is 23.9 Å². The number of thiophene rings is 1. The van der Waals surface area contributed by atoms with E-state index < -0.39 is 5.97 Å². The van der Waals surface area contributed by atoms with Crippen LogP contribution in [0.4, 0.5) is 9.80 Å². The van der Waals surface area contributed by atoms with Crippen LogP contribution in [0.1, 0.15) is 47.0 Å². The number of esters is 1. The summed E-state index contributed by atoms with van der Waals surface area (Å²) in [6, 6.07) is 0. The Hall–Kier alpha value is -2.09. The number of hydrogen-bond donors (Lipinski definition) is 1. The van der Waals surface area contributed by atoms with Crippen LogP contribution >= 0.6 is 11.3 Å². The molecule has 25 heavy (non-hydrogen) atoms. The summed E-state index contributed by atoms with van der Waals surface area (Å²) in [6.07, 6.45) is 3.02. The van der Waals surface area contributed by atoms with Crippen molar-refractivity contribution >= 4 is 34.3 Å². The number of carbonyl (C=O) groups is 3. The first-order chi connectivity index (χ1) is 12.0. The van der Waals surface area contributed by atoms with E-state index in [9.17, 15) is 14.4 Å². The normalized spacial score (nSPS) is 16.6. The Morgan fingerprint density at radius 3 is 2.68 bits per heavy atom. The SMILES string of the molecule is CCOC(=O)N1CCc2c(sc(NC(=O)C3CCC3)c2C(=O)OC)C1. The zero-order valence-corrected chi connectivity index (χ0v) is 15.2. The van der Waals surface area contributed by atoms with Crippen LogP contribution in [-0.4, -0.2) is 43.1 Å². The van der Waals surface area contributed by atoms with Gasteiger partial charge < -0.3 is 19.7 Å². The van der Waals surface area contributed by atoms with E-state index in [1.807, 2.05) is 0 Å². The molecule has 0 bridgehead atoms. The Morgan fingerprint density at radius 2 is 2.08 bits per heavy atom. The number of ether oxygens (including phenoxy) is 2. The fraction of sp³-hybridized carbons (Fsp3) is 0.588. The van der Waals surface area contributed by atoms with E-state index in [2.05, 4.69) is 5.32 Å². The average Bonchev–Trinajstić information content (AvgIpc) is 2.89. The third-order valence-corrected chi connectivity index (χ3v) is 5.82. The molecule has 0 aromatic carbocycles. The van der Waals surface area contributed by atoms with Crippen molar-refractivity contribution in [1.29, 1.82) is 0 Å². The van der Waals surface area contributed by atoms with Crippen LogP contribution in [0.3, 0.4) is 0 Å². The molecule has 1 N–H and O–H groups in total. The zero-order chi connectivity index (χ0) is 18.0. The maximum absolute atomic E-state index is 12.3. The molecule has 0 atom stereocenters. The lowest BCUT2D eigenvalue weighted by Gasteiger charge is -2.26. The molecular weight excluding hydrogens is 344 g/mol. The van der Waals surface area contributed by atoms with Gasteiger partial charge in [0.15, 0.2) is 0 Å². The Balaban J connectivity index is 1.85. The minimum atomic E-state index is -0.453. The first-order valence-corrected chi connectivity index (χ1v) is 9.32. The van der Waals surface area contributed by atoms with Gasteiger partial charge >= 0.3 is 12.1 Å². The standard InChI is InChI=1S/C17H22N2O5S/c1-3-24-17(22)19-8-7-11-12(9-19)25-15(13(11)16(21)23-2)18-14(20)10-5-4-6-10/h10H,3-9H2,1-2H3,(H,18,20). The quantitative estimate of drug-likeness (QED) is 0.828. The minimum Gasteiger partial charge on any atom is -0.465 e. The molecule has 0 radical (unpaired) electrons. The van der Waals surface area contributed by atoms with Crippen molar-refractivity contribution in [3.05, 3.63) is 16.0 Å². The summed E-state index contributed by atoms with van der Waals surface area (Å²) < 4.78 is 9.96. The highest BCUT2D eigenvalue weighted by atomic mass is 32.1. The van der Waals surface area contributed by atoms with E-state index >= 15 is 0 Å². The number of anilines is 1. The second-order valence-corrected chi connectivity index (χ2v) is 7.29. The molecule has 0 spiro atoms. The van der Waals surface area contributed by atoms with Gasteiger partial charge in [0.25, 0.3) is 0 Å². The monoisotopic (exact) mass is 366 g/mol. The van der Waals surface area contributed by atoms with E-state index in [0.29, 0.717) is 36.7 Å². The maximum atomic E-state index is 12.3. The Labute approximate surface area is 150 Å². The lowest BCUT2D eigenvalue weighted by molar-refractivity contribution is -0.122. The van der Waals surface area contributed by atoms with Gasteiger partial charge in [0.1, 0.15) is 5.00 Å². The molecule has 136 valence electrons. The molecule has 0 saturated heterocycles. The highest BCUT2D eigenvalue weighted by molar-refractivity contribution is 7.17. The molecule has 0 unspecified atom stereocenters. The molecule has 1 aromatic rings. The predicted octanol–water partition coefficient (Wildman–Crippen LogP) is 2.79. The number of nitrogens with one attached hydrogen (secondary N) is 1. The first kappa shape index (κ1) is 17.7. The zero-order valence-electron chi connectivity index (χ0n) is 14.4. The summed E-state index contributed by atoms with van der Waals surface area (Å²) in [7, 11) is 1.33. The number of amides is 2. The van der Waals surface area contributed by atoms with Gasteiger partial charge in [-0.2, -0.15) is 0 Å². The largest absolute Gasteiger partial charge is 0.465 e. The second kappa shape index (κ2) is 7.43. The van der Waals surface area contributed by atoms with Crippen LogP contribution in [-0.2, 0) is 27.2 Å². The molecule has 1 fully saturated rings. The molecule has 1 aromatic heterocycles. The maximum Gasteiger partial charge on any atom is 0.410 e. The van der Waals surface area contributed by atoms with Crippen LogP contribution in [0.2, 0.25) is 0 Å². The van der Waals surface area contributed by atoms with Crippen LogP contribution in [0.25, 0.3) is 0 Å². The van der Waals surface area contributed by atoms with Crippen LogP contribution in [0.15, 0.2) is 0 Å². The minimum absolute atomic E-state index is 0.0284. The topological polar surface area (TPSA) is 84.9 Å². The molecule has 3 rings (SSSR count). The Kier molecular flexibility index (Phi) is 5.27. The fourth-order valence-electron chi connectivity index (χ4n) is 3.06. The Bertz CT molecular complexity index is 695. The summed E-state index contributed by atoms with van der Waals surface area (Å²) in [4.78, 5) is 39.0. The lowest BCUT2D eigenvalue weighted by Crippen LogP contribution is -2.36. The van der Waals surface area contributed by atoms with Gasteiger partial charge in [-0.25, -0.2) is 9.59 Å². The molecule has 2 heterocycles. The average molecular weight is 366 g/mol. The highest BCUT2D eigenvalue weighted by Gasteiger charge is 2.33. The van der Waals surface area contributed by atoms with E-state index in [4.69, 9.17) is 9.47 Å². The van der Waals surface area contributed by atoms with Gasteiger partial charge in [-0.15, -0.1) is 11.3 Å². The number of carbonyl (C=O) groups excluding carboxylic acids is 3. The lowest BCUT2D eigenvalue weighted by atomic mass is 9.85. The van der Waals surface area contributed by atoms with E-state index in [1.165, 1.54) is 18.4 Å². The van der Waals surface area contributed by atoms with Gasteiger partial charge in [0.05, 0.1) is 25.8 Å². The van der Waals surface area contributed by atoms with Crippen molar-refractivity contribution in [2.75, 3.05) is 25.6 Å². The molecule has 2 amide bonds. The van der Waals surface area contributed by atoms with Crippen LogP contribution < -0.4 is 5.32 Å². The fourth-order valence-corrected chi connectivity index (χ4v) is 4.32. The molecule has 1 aliphatic heterocycles. The first-order valence-electron chi connectivity index (χ1n) is 8.50. The summed E-state index contributed by atoms with van der Waals surface area (Å²) >= 11 is 1.34. The molecule has 8 heteroatoms. The van der Waals surface area contributed by atoms with Crippen molar-refractivity contribution in [2.24, 2.45) is 5.92 Å². The summed E-state index contributed by atoms with van der Waals surface area (Å²) in [5, 5.41) is 3.43. The summed E-state index contributed by atoms with van der Waals surface area (Å²) in [6.45, 7) is 2.94. The van der Waals surface area contributed by atoms with Crippen molar-refractivity contribution in [1.82, 2.24) is 4.90 Å². The van der Waals surface area contributed by atoms with Gasteiger partial charge in [-0.05, 0) is 31.7 Å². The number of nitrogens with zero attached hydrogens (tertiary/aromatic N) is 1. The number of fused-ring (bicyclic) bond motifs is 1. The molecular formula is C17H22N2O5S. The third kappa shape index (κ3) is 3.49. The Morgan fingerprint density at radius 1 is 1.32 bits per heavy atom. The number of methoxy groups -OCH3 is 1. The summed E-state index contributed by atoms with van der Waals surface area (Å²) in [5.41, 5.74) is 1.29. The molecule has 7 nitrogen and oxygen atoms in total. The van der Waals surface area contributed by atoms with Gasteiger partial charge in [0.2, 0.25) is 5.91 Å². The van der Waals surface area contributed by atoms with Gasteiger partial charge in [0, 0.05) is 17.3 Å². The molecule has 2 aliphatic rings. The van der Waals surface area contributed by atoms with Crippen LogP contribution in [0, 0.1) is 5.92 Å². The van der Waals surface area contributed by atoms with Crippen molar-refractivity contribution in [3.63, 3.8) is 0 Å². The highest BCUT2D eigenvalue weighted by Crippen LogP contribution is 2.39. The van der Waals surface area contributed by atoms with Crippen molar-refractivity contribution in [3.8, 4) is 0 Å². The second-order valence-electron chi connectivity index (χ2n) is 6.19. The van der Waals surface area contributed by atoms with E-state index in [1.54, 1.807) is 11.8 Å². The van der Waals surface area contributed by atoms with Gasteiger partial charge in [-0.3, -0.25) is 4.79 Å². The van der Waals surface area contributed by atoms with Gasteiger partial charge in [-0.1, -0.05) is 6.42 Å². The number of hydrogen-bond acceptors (Lipinski definition) is 6. The smallest absolute Gasteiger partial charge is 0.410 e. The van der Waals surface area contributed by atoms with E-state index in [-0.39, 0.29) is 17.9 Å². The predicted molar refractivity (Wildman–Crippen MR) is 92.8 cm³/mol.